The number of hydrogen-bond acceptors (Lipinski definition) is 7. The van der Waals surface area contributed by atoms with Gasteiger partial charge in [-0.25, -0.2) is 4.98 Å². The molecule has 9 nitrogen and oxygen atoms in total. The highest BCUT2D eigenvalue weighted by Gasteiger charge is 2.18. The third kappa shape index (κ3) is 5.02. The molecule has 0 spiro atoms. The second-order valence-electron chi connectivity index (χ2n) is 8.29. The second kappa shape index (κ2) is 10.6. The average molecular weight is 504 g/mol. The van der Waals surface area contributed by atoms with E-state index >= 15 is 0 Å². The first-order chi connectivity index (χ1) is 18.5. The van der Waals surface area contributed by atoms with Gasteiger partial charge >= 0.3 is 0 Å². The minimum absolute atomic E-state index is 0.0151. The van der Waals surface area contributed by atoms with Crippen LogP contribution in [0, 0.1) is 0 Å². The highest BCUT2D eigenvalue weighted by atomic mass is 16.2. The van der Waals surface area contributed by atoms with E-state index in [1.54, 1.807) is 12.2 Å². The van der Waals surface area contributed by atoms with Crippen LogP contribution in [0.1, 0.15) is 43.2 Å². The molecule has 0 saturated carbocycles. The average Bonchev–Trinajstić information content (AvgIpc) is 2.95. The third-order valence-corrected chi connectivity index (χ3v) is 5.88. The Balaban J connectivity index is 1.21. The van der Waals surface area contributed by atoms with Crippen LogP contribution in [0.4, 0.5) is 0 Å². The molecule has 0 unspecified atom stereocenters. The number of fused-ring (bicyclic) bond motifs is 2. The summed E-state index contributed by atoms with van der Waals surface area (Å²) in [6.07, 6.45) is 9.23. The number of hydrazine groups is 2. The number of pyridine rings is 1. The van der Waals surface area contributed by atoms with E-state index in [1.807, 2.05) is 48.5 Å². The van der Waals surface area contributed by atoms with Gasteiger partial charge in [0.25, 0.3) is 11.8 Å². The van der Waals surface area contributed by atoms with Crippen LogP contribution in [0.3, 0.4) is 0 Å². The van der Waals surface area contributed by atoms with Crippen LogP contribution in [0.25, 0.3) is 23.3 Å². The summed E-state index contributed by atoms with van der Waals surface area (Å²) in [7, 11) is 0. The maximum absolute atomic E-state index is 12.6. The number of benzene rings is 2. The van der Waals surface area contributed by atoms with Gasteiger partial charge in [-0.05, 0) is 46.5 Å². The molecule has 1 aromatic heterocycles. The fourth-order valence-corrected chi connectivity index (χ4v) is 4.01. The Morgan fingerprint density at radius 3 is 1.50 bits per heavy atom. The molecule has 4 N–H and O–H groups in total. The summed E-state index contributed by atoms with van der Waals surface area (Å²) in [5.41, 5.74) is 14.3. The lowest BCUT2D eigenvalue weighted by Crippen LogP contribution is -2.36. The maximum Gasteiger partial charge on any atom is 0.288 e. The molecule has 2 aliphatic carbocycles. The van der Waals surface area contributed by atoms with Gasteiger partial charge in [-0.2, -0.15) is 0 Å². The van der Waals surface area contributed by atoms with Crippen molar-refractivity contribution in [3.05, 3.63) is 125 Å². The van der Waals surface area contributed by atoms with Crippen molar-refractivity contribution in [2.24, 2.45) is 0 Å². The number of carbonyl (C=O) groups excluding carboxylic acids is 4. The largest absolute Gasteiger partial charge is 0.305 e. The number of ketones is 2. The number of amides is 2. The molecule has 2 aromatic carbocycles. The number of aromatic nitrogens is 1. The van der Waals surface area contributed by atoms with Crippen molar-refractivity contribution in [2.75, 3.05) is 0 Å². The van der Waals surface area contributed by atoms with Crippen LogP contribution in [-0.4, -0.2) is 28.4 Å². The Morgan fingerprint density at radius 2 is 1.03 bits per heavy atom. The predicted molar refractivity (Wildman–Crippen MR) is 142 cm³/mol. The summed E-state index contributed by atoms with van der Waals surface area (Å²) in [4.78, 5) is 53.9. The van der Waals surface area contributed by atoms with E-state index in [-0.39, 0.29) is 23.0 Å². The zero-order valence-electron chi connectivity index (χ0n) is 19.9. The maximum atomic E-state index is 12.6. The van der Waals surface area contributed by atoms with Gasteiger partial charge in [0.2, 0.25) is 0 Å². The van der Waals surface area contributed by atoms with E-state index in [1.165, 1.54) is 42.8 Å². The van der Waals surface area contributed by atoms with Gasteiger partial charge in [-0.3, -0.25) is 30.0 Å². The molecule has 0 aliphatic heterocycles. The van der Waals surface area contributed by atoms with Crippen LogP contribution in [-0.2, 0) is 9.59 Å². The zero-order chi connectivity index (χ0) is 26.5. The van der Waals surface area contributed by atoms with Crippen molar-refractivity contribution < 1.29 is 19.2 Å². The van der Waals surface area contributed by atoms with Gasteiger partial charge in [-0.15, -0.1) is 0 Å². The van der Waals surface area contributed by atoms with Gasteiger partial charge in [0.05, 0.1) is 0 Å². The topological polar surface area (TPSA) is 129 Å². The van der Waals surface area contributed by atoms with Crippen molar-refractivity contribution >= 4 is 46.7 Å². The lowest BCUT2D eigenvalue weighted by atomic mass is 9.92. The lowest BCUT2D eigenvalue weighted by Gasteiger charge is -2.14. The minimum atomic E-state index is -0.602. The standard InChI is InChI=1S/C29H21N5O4/c35-26-14-12-18-6-1-3-8-20(18)22(26)16-30-33-28(37)24-10-5-11-25(32-24)29(38)34-31-17-23-21-9-4-2-7-19(21)13-15-27(23)36/h1-17,30-31H,(H,33,37)(H,34,38)/b22-16+,23-17+. The Labute approximate surface area is 217 Å². The smallest absolute Gasteiger partial charge is 0.288 e. The summed E-state index contributed by atoms with van der Waals surface area (Å²) in [5.74, 6) is -1.59. The summed E-state index contributed by atoms with van der Waals surface area (Å²) in [6.45, 7) is 0. The van der Waals surface area contributed by atoms with Gasteiger partial charge in [-0.1, -0.05) is 66.7 Å². The highest BCUT2D eigenvalue weighted by Crippen LogP contribution is 2.26. The quantitative estimate of drug-likeness (QED) is 0.301. The third-order valence-electron chi connectivity index (χ3n) is 5.88. The molecule has 1 heterocycles. The van der Waals surface area contributed by atoms with E-state index in [0.717, 1.165) is 22.3 Å². The molecule has 38 heavy (non-hydrogen) atoms. The normalized spacial score (nSPS) is 15.6. The Morgan fingerprint density at radius 1 is 0.579 bits per heavy atom. The summed E-state index contributed by atoms with van der Waals surface area (Å²) in [5, 5.41) is 0. The first-order valence-electron chi connectivity index (χ1n) is 11.6. The van der Waals surface area contributed by atoms with Crippen molar-refractivity contribution in [3.63, 3.8) is 0 Å². The highest BCUT2D eigenvalue weighted by molar-refractivity contribution is 6.30. The van der Waals surface area contributed by atoms with Gasteiger partial charge < -0.3 is 10.9 Å². The van der Waals surface area contributed by atoms with E-state index in [4.69, 9.17) is 0 Å². The molecule has 9 heteroatoms. The van der Waals surface area contributed by atoms with Gasteiger partial charge in [0.1, 0.15) is 11.4 Å². The molecular formula is C29H21N5O4. The fourth-order valence-electron chi connectivity index (χ4n) is 4.01. The number of nitrogens with zero attached hydrogens (tertiary/aromatic N) is 1. The van der Waals surface area contributed by atoms with Crippen molar-refractivity contribution in [3.8, 4) is 0 Å². The second-order valence-corrected chi connectivity index (χ2v) is 8.29. The number of rotatable bonds is 6. The van der Waals surface area contributed by atoms with E-state index in [2.05, 4.69) is 26.7 Å². The van der Waals surface area contributed by atoms with E-state index in [0.29, 0.717) is 11.1 Å². The molecule has 0 bridgehead atoms. The molecule has 2 amide bonds. The molecule has 0 fully saturated rings. The Hall–Kier alpha value is -5.57. The van der Waals surface area contributed by atoms with Gasteiger partial charge in [0.15, 0.2) is 11.6 Å². The zero-order valence-corrected chi connectivity index (χ0v) is 19.9. The van der Waals surface area contributed by atoms with Gasteiger partial charge in [0, 0.05) is 23.5 Å². The van der Waals surface area contributed by atoms with Crippen LogP contribution in [0.15, 0.2) is 91.3 Å². The fraction of sp³-hybridized carbons (Fsp3) is 0. The SMILES string of the molecule is O=C1C=Cc2ccccc2/C1=C\NNC(=O)c1cccc(C(=O)NN/C=C2/C(=O)C=Cc3ccccc32)n1. The molecule has 5 rings (SSSR count). The predicted octanol–water partition coefficient (Wildman–Crippen LogP) is 2.82. The number of nitrogens with one attached hydrogen (secondary N) is 4. The lowest BCUT2D eigenvalue weighted by molar-refractivity contribution is -0.110. The van der Waals surface area contributed by atoms with Crippen LogP contribution in [0.5, 0.6) is 0 Å². The van der Waals surface area contributed by atoms with Crippen molar-refractivity contribution in [2.45, 2.75) is 0 Å². The number of hydrogen-bond donors (Lipinski definition) is 4. The Bertz CT molecular complexity index is 1480. The summed E-state index contributed by atoms with van der Waals surface area (Å²) >= 11 is 0. The number of allylic oxidation sites excluding steroid dienone is 4. The molecular weight excluding hydrogens is 482 g/mol. The van der Waals surface area contributed by atoms with Crippen LogP contribution >= 0.6 is 0 Å². The molecule has 0 saturated heterocycles. The molecule has 0 radical (unpaired) electrons. The molecule has 0 atom stereocenters. The van der Waals surface area contributed by atoms with E-state index in [9.17, 15) is 19.2 Å². The first kappa shape index (κ1) is 24.1. The first-order valence-corrected chi connectivity index (χ1v) is 11.6. The molecule has 2 aliphatic rings. The minimum Gasteiger partial charge on any atom is -0.305 e. The molecule has 186 valence electrons. The summed E-state index contributed by atoms with van der Waals surface area (Å²) in [6, 6.07) is 19.2. The number of carbonyl (C=O) groups is 4. The Kier molecular flexibility index (Phi) is 6.73. The monoisotopic (exact) mass is 503 g/mol. The van der Waals surface area contributed by atoms with Crippen molar-refractivity contribution in [1.29, 1.82) is 0 Å². The van der Waals surface area contributed by atoms with Crippen LogP contribution < -0.4 is 21.7 Å². The molecule has 3 aromatic rings. The van der Waals surface area contributed by atoms with Crippen LogP contribution in [0.2, 0.25) is 0 Å². The summed E-state index contributed by atoms with van der Waals surface area (Å²) < 4.78 is 0. The van der Waals surface area contributed by atoms with Crippen molar-refractivity contribution in [1.82, 2.24) is 26.7 Å². The van der Waals surface area contributed by atoms with E-state index < -0.39 is 11.8 Å².